The summed E-state index contributed by atoms with van der Waals surface area (Å²) in [5.41, 5.74) is 1.34. The molecule has 0 radical (unpaired) electrons. The molecule has 1 atom stereocenters. The molecule has 2 rings (SSSR count). The number of benzene rings is 1. The lowest BCUT2D eigenvalue weighted by atomic mass is 10.1. The molecule has 3 heteroatoms. The van der Waals surface area contributed by atoms with E-state index >= 15 is 0 Å². The van der Waals surface area contributed by atoms with E-state index in [1.807, 2.05) is 6.07 Å². The van der Waals surface area contributed by atoms with Crippen LogP contribution >= 0.6 is 0 Å². The lowest BCUT2D eigenvalue weighted by Crippen LogP contribution is -2.36. The van der Waals surface area contributed by atoms with Crippen LogP contribution < -0.4 is 10.1 Å². The Labute approximate surface area is 110 Å². The number of rotatable bonds is 7. The molecule has 0 aromatic heterocycles. The summed E-state index contributed by atoms with van der Waals surface area (Å²) in [6.45, 7) is 9.77. The first-order valence-corrected chi connectivity index (χ1v) is 7.01. The molecule has 100 valence electrons. The zero-order valence-electron chi connectivity index (χ0n) is 11.5. The highest BCUT2D eigenvalue weighted by atomic mass is 16.5. The zero-order chi connectivity index (χ0) is 12.8. The third-order valence-corrected chi connectivity index (χ3v) is 3.59. The standard InChI is InChI=1S/C15H24N2O/c1-3-17(4-2)10-9-16-12-14-11-13-7-5-6-8-15(13)18-14/h5-8,14,16H,3-4,9-12H2,1-2H3. The molecule has 0 spiro atoms. The van der Waals surface area contributed by atoms with Crippen LogP contribution in [0.25, 0.3) is 0 Å². The Bertz CT molecular complexity index is 338. The fraction of sp³-hybridized carbons (Fsp3) is 0.600. The monoisotopic (exact) mass is 248 g/mol. The van der Waals surface area contributed by atoms with Crippen molar-refractivity contribution in [3.8, 4) is 5.75 Å². The minimum absolute atomic E-state index is 0.305. The first-order chi connectivity index (χ1) is 8.83. The fourth-order valence-corrected chi connectivity index (χ4v) is 2.41. The zero-order valence-corrected chi connectivity index (χ0v) is 11.5. The number of nitrogens with one attached hydrogen (secondary N) is 1. The number of likely N-dealkylation sites (N-methyl/N-ethyl adjacent to an activating group) is 1. The van der Waals surface area contributed by atoms with Crippen molar-refractivity contribution in [1.29, 1.82) is 0 Å². The normalized spacial score (nSPS) is 17.8. The second kappa shape index (κ2) is 6.76. The summed E-state index contributed by atoms with van der Waals surface area (Å²) in [4.78, 5) is 2.43. The molecule has 1 aliphatic heterocycles. The molecule has 1 aromatic rings. The second-order valence-corrected chi connectivity index (χ2v) is 4.78. The maximum atomic E-state index is 5.89. The van der Waals surface area contributed by atoms with Crippen LogP contribution in [0.4, 0.5) is 0 Å². The molecule has 0 saturated carbocycles. The van der Waals surface area contributed by atoms with E-state index in [9.17, 15) is 0 Å². The molecule has 3 nitrogen and oxygen atoms in total. The molecular weight excluding hydrogens is 224 g/mol. The second-order valence-electron chi connectivity index (χ2n) is 4.78. The Balaban J connectivity index is 1.65. The van der Waals surface area contributed by atoms with Gasteiger partial charge in [0.1, 0.15) is 11.9 Å². The van der Waals surface area contributed by atoms with Crippen LogP contribution in [0.15, 0.2) is 24.3 Å². The van der Waals surface area contributed by atoms with E-state index in [2.05, 4.69) is 42.3 Å². The minimum Gasteiger partial charge on any atom is -0.488 e. The Hall–Kier alpha value is -1.06. The molecule has 1 aromatic carbocycles. The Morgan fingerprint density at radius 2 is 2.06 bits per heavy atom. The van der Waals surface area contributed by atoms with Gasteiger partial charge in [-0.2, -0.15) is 0 Å². The lowest BCUT2D eigenvalue weighted by molar-refractivity contribution is 0.222. The summed E-state index contributed by atoms with van der Waals surface area (Å²) in [7, 11) is 0. The van der Waals surface area contributed by atoms with Crippen LogP contribution in [-0.2, 0) is 6.42 Å². The van der Waals surface area contributed by atoms with Crippen LogP contribution in [0.2, 0.25) is 0 Å². The van der Waals surface area contributed by atoms with Gasteiger partial charge in [0.2, 0.25) is 0 Å². The van der Waals surface area contributed by atoms with Crippen molar-refractivity contribution in [2.75, 3.05) is 32.7 Å². The van der Waals surface area contributed by atoms with Gasteiger partial charge < -0.3 is 15.0 Å². The van der Waals surface area contributed by atoms with E-state index in [0.717, 1.165) is 44.9 Å². The van der Waals surface area contributed by atoms with E-state index in [1.165, 1.54) is 5.56 Å². The average molecular weight is 248 g/mol. The van der Waals surface area contributed by atoms with Crippen molar-refractivity contribution in [3.63, 3.8) is 0 Å². The Kier molecular flexibility index (Phi) is 5.02. The molecule has 0 fully saturated rings. The quantitative estimate of drug-likeness (QED) is 0.746. The van der Waals surface area contributed by atoms with Gasteiger partial charge in [0.05, 0.1) is 0 Å². The number of fused-ring (bicyclic) bond motifs is 1. The molecule has 0 amide bonds. The first kappa shape index (κ1) is 13.4. The third kappa shape index (κ3) is 3.47. The van der Waals surface area contributed by atoms with Gasteiger partial charge in [0.15, 0.2) is 0 Å². The van der Waals surface area contributed by atoms with Gasteiger partial charge in [-0.15, -0.1) is 0 Å². The average Bonchev–Trinajstić information content (AvgIpc) is 2.81. The van der Waals surface area contributed by atoms with Crippen molar-refractivity contribution >= 4 is 0 Å². The topological polar surface area (TPSA) is 24.5 Å². The minimum atomic E-state index is 0.305. The van der Waals surface area contributed by atoms with Crippen molar-refractivity contribution in [1.82, 2.24) is 10.2 Å². The van der Waals surface area contributed by atoms with E-state index in [-0.39, 0.29) is 0 Å². The van der Waals surface area contributed by atoms with Gasteiger partial charge in [-0.1, -0.05) is 32.0 Å². The highest BCUT2D eigenvalue weighted by molar-refractivity contribution is 5.37. The van der Waals surface area contributed by atoms with Crippen molar-refractivity contribution in [3.05, 3.63) is 29.8 Å². The predicted octanol–water partition coefficient (Wildman–Crippen LogP) is 1.92. The first-order valence-electron chi connectivity index (χ1n) is 7.01. The van der Waals surface area contributed by atoms with E-state index in [1.54, 1.807) is 0 Å². The van der Waals surface area contributed by atoms with Crippen LogP contribution in [-0.4, -0.2) is 43.7 Å². The number of para-hydroxylation sites is 1. The molecular formula is C15H24N2O. The summed E-state index contributed by atoms with van der Waals surface area (Å²) >= 11 is 0. The van der Waals surface area contributed by atoms with Crippen LogP contribution in [0, 0.1) is 0 Å². The van der Waals surface area contributed by atoms with E-state index in [4.69, 9.17) is 4.74 Å². The number of ether oxygens (including phenoxy) is 1. The lowest BCUT2D eigenvalue weighted by Gasteiger charge is -2.19. The number of hydrogen-bond donors (Lipinski definition) is 1. The largest absolute Gasteiger partial charge is 0.488 e. The predicted molar refractivity (Wildman–Crippen MR) is 75.2 cm³/mol. The maximum absolute atomic E-state index is 5.89. The molecule has 0 bridgehead atoms. The summed E-state index contributed by atoms with van der Waals surface area (Å²) < 4.78 is 5.89. The van der Waals surface area contributed by atoms with Crippen LogP contribution in [0.5, 0.6) is 5.75 Å². The van der Waals surface area contributed by atoms with Crippen molar-refractivity contribution < 1.29 is 4.74 Å². The fourth-order valence-electron chi connectivity index (χ4n) is 2.41. The smallest absolute Gasteiger partial charge is 0.123 e. The van der Waals surface area contributed by atoms with Crippen molar-refractivity contribution in [2.24, 2.45) is 0 Å². The van der Waals surface area contributed by atoms with Gasteiger partial charge in [-0.25, -0.2) is 0 Å². The molecule has 18 heavy (non-hydrogen) atoms. The highest BCUT2D eigenvalue weighted by Gasteiger charge is 2.21. The van der Waals surface area contributed by atoms with Gasteiger partial charge in [-0.05, 0) is 24.7 Å². The van der Waals surface area contributed by atoms with Crippen LogP contribution in [0.1, 0.15) is 19.4 Å². The maximum Gasteiger partial charge on any atom is 0.123 e. The van der Waals surface area contributed by atoms with E-state index < -0.39 is 0 Å². The summed E-state index contributed by atoms with van der Waals surface area (Å²) in [5, 5.41) is 3.49. The number of nitrogens with zero attached hydrogens (tertiary/aromatic N) is 1. The Morgan fingerprint density at radius 3 is 2.78 bits per heavy atom. The van der Waals surface area contributed by atoms with Crippen LogP contribution in [0.3, 0.4) is 0 Å². The highest BCUT2D eigenvalue weighted by Crippen LogP contribution is 2.27. The van der Waals surface area contributed by atoms with Gasteiger partial charge in [0, 0.05) is 26.1 Å². The van der Waals surface area contributed by atoms with Gasteiger partial charge in [0.25, 0.3) is 0 Å². The Morgan fingerprint density at radius 1 is 1.28 bits per heavy atom. The van der Waals surface area contributed by atoms with Gasteiger partial charge in [-0.3, -0.25) is 0 Å². The molecule has 1 aliphatic rings. The third-order valence-electron chi connectivity index (χ3n) is 3.59. The molecule has 1 unspecified atom stereocenters. The van der Waals surface area contributed by atoms with E-state index in [0.29, 0.717) is 6.10 Å². The van der Waals surface area contributed by atoms with Crippen molar-refractivity contribution in [2.45, 2.75) is 26.4 Å². The molecule has 1 N–H and O–H groups in total. The number of hydrogen-bond acceptors (Lipinski definition) is 3. The summed E-state index contributed by atoms with van der Waals surface area (Å²) in [5.74, 6) is 1.06. The van der Waals surface area contributed by atoms with Gasteiger partial charge >= 0.3 is 0 Å². The SMILES string of the molecule is CCN(CC)CCNCC1Cc2ccccc2O1. The molecule has 0 saturated heterocycles. The summed E-state index contributed by atoms with van der Waals surface area (Å²) in [6, 6.07) is 8.34. The summed E-state index contributed by atoms with van der Waals surface area (Å²) in [6.07, 6.45) is 1.34. The molecule has 1 heterocycles. The molecule has 0 aliphatic carbocycles.